The average Bonchev–Trinajstić information content (AvgIpc) is 2.45. The highest BCUT2D eigenvalue weighted by atomic mass is 16.6. The number of aryl methyl sites for hydroxylation is 1. The highest BCUT2D eigenvalue weighted by Gasteiger charge is 2.25. The third-order valence-corrected chi connectivity index (χ3v) is 3.85. The summed E-state index contributed by atoms with van der Waals surface area (Å²) in [5.41, 5.74) is 2.24. The summed E-state index contributed by atoms with van der Waals surface area (Å²) in [7, 11) is 0. The number of amides is 1. The van der Waals surface area contributed by atoms with E-state index in [1.807, 2.05) is 45.9 Å². The zero-order valence-electron chi connectivity index (χ0n) is 14.4. The number of hydrogen-bond acceptors (Lipinski definition) is 4. The molecule has 1 N–H and O–H groups in total. The number of ether oxygens (including phenoxy) is 1. The van der Waals surface area contributed by atoms with Crippen molar-refractivity contribution in [2.45, 2.75) is 52.2 Å². The first kappa shape index (κ1) is 17.3. The minimum absolute atomic E-state index is 0.0257. The van der Waals surface area contributed by atoms with Crippen LogP contribution in [0.25, 0.3) is 0 Å². The van der Waals surface area contributed by atoms with E-state index in [4.69, 9.17) is 4.74 Å². The predicted molar refractivity (Wildman–Crippen MR) is 91.2 cm³/mol. The molecule has 0 saturated carbocycles. The lowest BCUT2D eigenvalue weighted by Gasteiger charge is -2.36. The topological polar surface area (TPSA) is 58.6 Å². The number of anilines is 1. The van der Waals surface area contributed by atoms with E-state index in [1.165, 1.54) is 0 Å². The summed E-state index contributed by atoms with van der Waals surface area (Å²) >= 11 is 0. The Bertz CT molecular complexity index is 578. The van der Waals surface area contributed by atoms with Crippen LogP contribution in [0.1, 0.15) is 49.5 Å². The summed E-state index contributed by atoms with van der Waals surface area (Å²) in [6, 6.07) is 5.76. The van der Waals surface area contributed by atoms with Crippen molar-refractivity contribution in [3.8, 4) is 0 Å². The molecule has 0 aromatic heterocycles. The van der Waals surface area contributed by atoms with Gasteiger partial charge in [-0.05, 0) is 52.2 Å². The molecule has 0 bridgehead atoms. The fourth-order valence-corrected chi connectivity index (χ4v) is 2.98. The number of hydrogen-bond donors (Lipinski definition) is 1. The number of carbonyl (C=O) groups excluding carboxylic acids is 2. The zero-order valence-corrected chi connectivity index (χ0v) is 14.4. The maximum atomic E-state index is 12.0. The summed E-state index contributed by atoms with van der Waals surface area (Å²) in [4.78, 5) is 25.5. The lowest BCUT2D eigenvalue weighted by atomic mass is 10.0. The Hall–Kier alpha value is -2.04. The van der Waals surface area contributed by atoms with Gasteiger partial charge in [0.15, 0.2) is 6.29 Å². The lowest BCUT2D eigenvalue weighted by molar-refractivity contribution is 0.0500. The van der Waals surface area contributed by atoms with Crippen LogP contribution >= 0.6 is 0 Å². The second-order valence-electron chi connectivity index (χ2n) is 7.06. The van der Waals surface area contributed by atoms with Crippen molar-refractivity contribution in [1.82, 2.24) is 5.32 Å². The highest BCUT2D eigenvalue weighted by Crippen LogP contribution is 2.27. The minimum Gasteiger partial charge on any atom is -0.444 e. The Morgan fingerprint density at radius 3 is 2.78 bits per heavy atom. The van der Waals surface area contributed by atoms with Crippen molar-refractivity contribution in [3.05, 3.63) is 29.3 Å². The SMILES string of the molecule is Cc1cccc(C=O)c1N1CCCC(NC(=O)OC(C)(C)C)C1. The Kier molecular flexibility index (Phi) is 5.29. The average molecular weight is 318 g/mol. The van der Waals surface area contributed by atoms with Gasteiger partial charge in [0.2, 0.25) is 0 Å². The summed E-state index contributed by atoms with van der Waals surface area (Å²) in [5.74, 6) is 0. The number of para-hydroxylation sites is 1. The van der Waals surface area contributed by atoms with Crippen molar-refractivity contribution in [2.24, 2.45) is 0 Å². The van der Waals surface area contributed by atoms with Gasteiger partial charge in [0.05, 0.1) is 5.69 Å². The van der Waals surface area contributed by atoms with Gasteiger partial charge in [-0.3, -0.25) is 4.79 Å². The van der Waals surface area contributed by atoms with Crippen molar-refractivity contribution in [3.63, 3.8) is 0 Å². The van der Waals surface area contributed by atoms with Crippen LogP contribution in [0.5, 0.6) is 0 Å². The molecule has 1 unspecified atom stereocenters. The summed E-state index contributed by atoms with van der Waals surface area (Å²) < 4.78 is 5.33. The van der Waals surface area contributed by atoms with Crippen LogP contribution < -0.4 is 10.2 Å². The molecule has 1 heterocycles. The van der Waals surface area contributed by atoms with Crippen LogP contribution in [0.3, 0.4) is 0 Å². The van der Waals surface area contributed by atoms with E-state index in [-0.39, 0.29) is 12.1 Å². The molecule has 1 aromatic carbocycles. The third kappa shape index (κ3) is 4.71. The van der Waals surface area contributed by atoms with E-state index in [0.717, 1.165) is 36.9 Å². The highest BCUT2D eigenvalue weighted by molar-refractivity contribution is 5.86. The maximum Gasteiger partial charge on any atom is 0.407 e. The predicted octanol–water partition coefficient (Wildman–Crippen LogP) is 3.30. The Balaban J connectivity index is 2.07. The van der Waals surface area contributed by atoms with Gasteiger partial charge < -0.3 is 15.0 Å². The summed E-state index contributed by atoms with van der Waals surface area (Å²) in [5, 5.41) is 2.94. The van der Waals surface area contributed by atoms with Gasteiger partial charge in [0.1, 0.15) is 5.60 Å². The second kappa shape index (κ2) is 7.02. The lowest BCUT2D eigenvalue weighted by Crippen LogP contribution is -2.49. The van der Waals surface area contributed by atoms with Crippen LogP contribution in [-0.2, 0) is 4.74 Å². The quantitative estimate of drug-likeness (QED) is 0.869. The number of alkyl carbamates (subject to hydrolysis) is 1. The molecule has 5 nitrogen and oxygen atoms in total. The number of piperidine rings is 1. The molecule has 23 heavy (non-hydrogen) atoms. The minimum atomic E-state index is -0.501. The molecule has 1 atom stereocenters. The first-order valence-corrected chi connectivity index (χ1v) is 8.09. The molecule has 1 aliphatic rings. The van der Waals surface area contributed by atoms with E-state index in [9.17, 15) is 9.59 Å². The van der Waals surface area contributed by atoms with E-state index in [0.29, 0.717) is 12.1 Å². The van der Waals surface area contributed by atoms with Gasteiger partial charge in [-0.2, -0.15) is 0 Å². The monoisotopic (exact) mass is 318 g/mol. The van der Waals surface area contributed by atoms with Crippen molar-refractivity contribution < 1.29 is 14.3 Å². The van der Waals surface area contributed by atoms with Crippen LogP contribution in [0.15, 0.2) is 18.2 Å². The van der Waals surface area contributed by atoms with Crippen LogP contribution in [0.2, 0.25) is 0 Å². The van der Waals surface area contributed by atoms with Crippen molar-refractivity contribution in [1.29, 1.82) is 0 Å². The zero-order chi connectivity index (χ0) is 17.0. The Morgan fingerprint density at radius 2 is 2.13 bits per heavy atom. The van der Waals surface area contributed by atoms with E-state index in [1.54, 1.807) is 0 Å². The molecule has 1 aromatic rings. The van der Waals surface area contributed by atoms with Gasteiger partial charge in [0.25, 0.3) is 0 Å². The molecular formula is C18H26N2O3. The number of aldehydes is 1. The molecule has 1 amide bonds. The molecule has 126 valence electrons. The molecule has 0 radical (unpaired) electrons. The number of nitrogens with zero attached hydrogens (tertiary/aromatic N) is 1. The normalized spacial score (nSPS) is 18.4. The van der Waals surface area contributed by atoms with Crippen molar-refractivity contribution in [2.75, 3.05) is 18.0 Å². The first-order valence-electron chi connectivity index (χ1n) is 8.09. The third-order valence-electron chi connectivity index (χ3n) is 3.85. The standard InChI is InChI=1S/C18H26N2O3/c1-13-7-5-8-14(12-21)16(13)20-10-6-9-15(11-20)19-17(22)23-18(2,3)4/h5,7-8,12,15H,6,9-11H2,1-4H3,(H,19,22). The Labute approximate surface area is 138 Å². The molecule has 0 aliphatic carbocycles. The maximum absolute atomic E-state index is 12.0. The molecule has 2 rings (SSSR count). The van der Waals surface area contributed by atoms with Crippen LogP contribution in [-0.4, -0.2) is 37.1 Å². The molecule has 1 fully saturated rings. The van der Waals surface area contributed by atoms with Gasteiger partial charge in [-0.15, -0.1) is 0 Å². The number of nitrogens with one attached hydrogen (secondary N) is 1. The van der Waals surface area contributed by atoms with Gasteiger partial charge in [0, 0.05) is 24.7 Å². The number of carbonyl (C=O) groups is 2. The van der Waals surface area contributed by atoms with Gasteiger partial charge in [-0.25, -0.2) is 4.79 Å². The van der Waals surface area contributed by atoms with E-state index in [2.05, 4.69) is 10.2 Å². The summed E-state index contributed by atoms with van der Waals surface area (Å²) in [6.45, 7) is 9.13. The summed E-state index contributed by atoms with van der Waals surface area (Å²) in [6.07, 6.45) is 2.39. The fraction of sp³-hybridized carbons (Fsp3) is 0.556. The van der Waals surface area contributed by atoms with Crippen LogP contribution in [0, 0.1) is 6.92 Å². The number of benzene rings is 1. The van der Waals surface area contributed by atoms with Gasteiger partial charge >= 0.3 is 6.09 Å². The van der Waals surface area contributed by atoms with E-state index < -0.39 is 5.60 Å². The molecule has 5 heteroatoms. The van der Waals surface area contributed by atoms with Crippen LogP contribution in [0.4, 0.5) is 10.5 Å². The molecule has 1 aliphatic heterocycles. The smallest absolute Gasteiger partial charge is 0.407 e. The molecular weight excluding hydrogens is 292 g/mol. The molecule has 0 spiro atoms. The Morgan fingerprint density at radius 1 is 1.39 bits per heavy atom. The molecule has 1 saturated heterocycles. The number of rotatable bonds is 3. The van der Waals surface area contributed by atoms with Crippen molar-refractivity contribution >= 4 is 18.1 Å². The first-order chi connectivity index (χ1) is 10.8. The van der Waals surface area contributed by atoms with Gasteiger partial charge in [-0.1, -0.05) is 12.1 Å². The fourth-order valence-electron chi connectivity index (χ4n) is 2.98. The van der Waals surface area contributed by atoms with E-state index >= 15 is 0 Å². The largest absolute Gasteiger partial charge is 0.444 e. The second-order valence-corrected chi connectivity index (χ2v) is 7.06.